The van der Waals surface area contributed by atoms with Gasteiger partial charge < -0.3 is 10.6 Å². The summed E-state index contributed by atoms with van der Waals surface area (Å²) in [5.41, 5.74) is 0. The summed E-state index contributed by atoms with van der Waals surface area (Å²) in [6.07, 6.45) is 3.37. The molecule has 0 aliphatic heterocycles. The molecule has 0 saturated heterocycles. The Hall–Kier alpha value is -1.08. The van der Waals surface area contributed by atoms with Crippen LogP contribution in [-0.2, 0) is 4.79 Å². The van der Waals surface area contributed by atoms with Gasteiger partial charge in [0.05, 0.1) is 12.5 Å². The average molecular weight is 195 g/mol. The first-order valence-electron chi connectivity index (χ1n) is 5.12. The van der Waals surface area contributed by atoms with Crippen molar-refractivity contribution in [3.8, 4) is 6.07 Å². The van der Waals surface area contributed by atoms with Gasteiger partial charge >= 0.3 is 0 Å². The van der Waals surface area contributed by atoms with Gasteiger partial charge in [0.25, 0.3) is 0 Å². The van der Waals surface area contributed by atoms with Gasteiger partial charge in [-0.3, -0.25) is 4.79 Å². The summed E-state index contributed by atoms with van der Waals surface area (Å²) in [4.78, 5) is 11.3. The van der Waals surface area contributed by atoms with Crippen molar-refractivity contribution in [2.24, 2.45) is 0 Å². The fourth-order valence-corrected chi connectivity index (χ4v) is 1.21. The van der Waals surface area contributed by atoms with Crippen LogP contribution in [0.4, 0.5) is 0 Å². The number of amides is 1. The number of carbonyl (C=O) groups is 1. The molecule has 0 aromatic rings. The minimum atomic E-state index is -0.0339. The molecule has 1 unspecified atom stereocenters. The topological polar surface area (TPSA) is 64.9 Å². The Morgan fingerprint density at radius 2 is 2.36 bits per heavy atom. The van der Waals surface area contributed by atoms with Gasteiger partial charge in [0, 0.05) is 25.0 Å². The van der Waals surface area contributed by atoms with Crippen molar-refractivity contribution in [1.29, 1.82) is 5.26 Å². The average Bonchev–Trinajstić information content (AvgIpc) is 2.88. The number of hydrogen-bond donors (Lipinski definition) is 2. The zero-order valence-electron chi connectivity index (χ0n) is 8.55. The van der Waals surface area contributed by atoms with Crippen molar-refractivity contribution >= 4 is 5.91 Å². The van der Waals surface area contributed by atoms with Crippen LogP contribution in [0.1, 0.15) is 32.6 Å². The van der Waals surface area contributed by atoms with E-state index in [1.165, 1.54) is 12.8 Å². The smallest absolute Gasteiger partial charge is 0.221 e. The number of nitriles is 1. The van der Waals surface area contributed by atoms with Crippen molar-refractivity contribution in [2.45, 2.75) is 44.7 Å². The van der Waals surface area contributed by atoms with Crippen LogP contribution in [0, 0.1) is 11.3 Å². The van der Waals surface area contributed by atoms with E-state index < -0.39 is 0 Å². The summed E-state index contributed by atoms with van der Waals surface area (Å²) in [7, 11) is 0. The van der Waals surface area contributed by atoms with Gasteiger partial charge in [-0.2, -0.15) is 5.26 Å². The third kappa shape index (κ3) is 4.83. The molecular formula is C10H17N3O. The summed E-state index contributed by atoms with van der Waals surface area (Å²) in [6, 6.07) is 2.65. The lowest BCUT2D eigenvalue weighted by molar-refractivity contribution is -0.121. The van der Waals surface area contributed by atoms with Crippen molar-refractivity contribution in [2.75, 3.05) is 6.54 Å². The lowest BCUT2D eigenvalue weighted by atomic mass is 10.2. The van der Waals surface area contributed by atoms with Gasteiger partial charge in [-0.05, 0) is 19.8 Å². The van der Waals surface area contributed by atoms with Crippen molar-refractivity contribution in [3.05, 3.63) is 0 Å². The van der Waals surface area contributed by atoms with E-state index >= 15 is 0 Å². The van der Waals surface area contributed by atoms with Crippen LogP contribution >= 0.6 is 0 Å². The molecule has 0 radical (unpaired) electrons. The fourth-order valence-electron chi connectivity index (χ4n) is 1.21. The third-order valence-corrected chi connectivity index (χ3v) is 2.17. The van der Waals surface area contributed by atoms with Crippen molar-refractivity contribution in [3.63, 3.8) is 0 Å². The summed E-state index contributed by atoms with van der Waals surface area (Å²) in [5.74, 6) is 0.0286. The molecule has 1 amide bonds. The molecule has 0 heterocycles. The summed E-state index contributed by atoms with van der Waals surface area (Å²) in [5, 5.41) is 14.4. The maximum Gasteiger partial charge on any atom is 0.221 e. The highest BCUT2D eigenvalue weighted by Gasteiger charge is 2.20. The van der Waals surface area contributed by atoms with E-state index in [-0.39, 0.29) is 11.9 Å². The predicted molar refractivity (Wildman–Crippen MR) is 53.5 cm³/mol. The molecule has 1 rings (SSSR count). The largest absolute Gasteiger partial charge is 0.353 e. The molecule has 4 nitrogen and oxygen atoms in total. The molecular weight excluding hydrogens is 178 g/mol. The fraction of sp³-hybridized carbons (Fsp3) is 0.800. The molecule has 14 heavy (non-hydrogen) atoms. The lowest BCUT2D eigenvalue weighted by Gasteiger charge is -2.10. The zero-order chi connectivity index (χ0) is 10.4. The third-order valence-electron chi connectivity index (χ3n) is 2.17. The second kappa shape index (κ2) is 5.61. The Kier molecular flexibility index (Phi) is 4.41. The zero-order valence-corrected chi connectivity index (χ0v) is 8.55. The van der Waals surface area contributed by atoms with E-state index in [1.807, 2.05) is 13.0 Å². The van der Waals surface area contributed by atoms with Gasteiger partial charge in [0.2, 0.25) is 5.91 Å². The summed E-state index contributed by atoms with van der Waals surface area (Å²) >= 11 is 0. The summed E-state index contributed by atoms with van der Waals surface area (Å²) in [6.45, 7) is 2.59. The van der Waals surface area contributed by atoms with E-state index in [2.05, 4.69) is 10.6 Å². The van der Waals surface area contributed by atoms with Crippen molar-refractivity contribution < 1.29 is 4.79 Å². The molecule has 2 N–H and O–H groups in total. The molecule has 4 heteroatoms. The quantitative estimate of drug-likeness (QED) is 0.650. The number of nitrogens with one attached hydrogen (secondary N) is 2. The van der Waals surface area contributed by atoms with Crippen molar-refractivity contribution in [1.82, 2.24) is 10.6 Å². The second-order valence-electron chi connectivity index (χ2n) is 3.81. The number of hydrogen-bond acceptors (Lipinski definition) is 3. The van der Waals surface area contributed by atoms with Gasteiger partial charge in [-0.1, -0.05) is 0 Å². The molecule has 0 aromatic carbocycles. The molecule has 78 valence electrons. The van der Waals surface area contributed by atoms with E-state index in [1.54, 1.807) is 0 Å². The van der Waals surface area contributed by atoms with Crippen LogP contribution in [0.15, 0.2) is 0 Å². The van der Waals surface area contributed by atoms with Gasteiger partial charge in [0.1, 0.15) is 0 Å². The first-order chi connectivity index (χ1) is 6.72. The number of nitrogens with zero attached hydrogens (tertiary/aromatic N) is 1. The number of carbonyl (C=O) groups excluding carboxylic acids is 1. The predicted octanol–water partition coefficient (Wildman–Crippen LogP) is 0.547. The Labute approximate surface area is 84.7 Å². The standard InChI is InChI=1S/C10H17N3O/c1-8(4-6-11)13-10(14)5-7-12-9-2-3-9/h8-9,12H,2-5,7H2,1H3,(H,13,14). The van der Waals surface area contributed by atoms with Crippen LogP contribution < -0.4 is 10.6 Å². The monoisotopic (exact) mass is 195 g/mol. The van der Waals surface area contributed by atoms with Crippen LogP contribution in [-0.4, -0.2) is 24.5 Å². The Balaban J connectivity index is 1.99. The van der Waals surface area contributed by atoms with Crippen LogP contribution in [0.2, 0.25) is 0 Å². The van der Waals surface area contributed by atoms with Crippen LogP contribution in [0.5, 0.6) is 0 Å². The Bertz CT molecular complexity index is 230. The molecule has 1 saturated carbocycles. The first-order valence-corrected chi connectivity index (χ1v) is 5.12. The highest BCUT2D eigenvalue weighted by Crippen LogP contribution is 2.18. The van der Waals surface area contributed by atoms with E-state index in [4.69, 9.17) is 5.26 Å². The van der Waals surface area contributed by atoms with Gasteiger partial charge in [-0.25, -0.2) is 0 Å². The minimum absolute atomic E-state index is 0.0286. The maximum atomic E-state index is 11.3. The molecule has 1 aliphatic carbocycles. The molecule has 0 bridgehead atoms. The lowest BCUT2D eigenvalue weighted by Crippen LogP contribution is -2.34. The van der Waals surface area contributed by atoms with E-state index in [0.717, 1.165) is 6.54 Å². The highest BCUT2D eigenvalue weighted by molar-refractivity contribution is 5.76. The summed E-state index contributed by atoms with van der Waals surface area (Å²) < 4.78 is 0. The minimum Gasteiger partial charge on any atom is -0.353 e. The normalized spacial score (nSPS) is 17.1. The Morgan fingerprint density at radius 3 is 2.93 bits per heavy atom. The van der Waals surface area contributed by atoms with Gasteiger partial charge in [-0.15, -0.1) is 0 Å². The molecule has 1 aliphatic rings. The van der Waals surface area contributed by atoms with E-state index in [9.17, 15) is 4.79 Å². The highest BCUT2D eigenvalue weighted by atomic mass is 16.1. The second-order valence-corrected chi connectivity index (χ2v) is 3.81. The molecule has 1 atom stereocenters. The first kappa shape index (κ1) is 11.0. The van der Waals surface area contributed by atoms with Crippen LogP contribution in [0.25, 0.3) is 0 Å². The SMILES string of the molecule is CC(CC#N)NC(=O)CCNC1CC1. The van der Waals surface area contributed by atoms with Crippen LogP contribution in [0.3, 0.4) is 0 Å². The van der Waals surface area contributed by atoms with Gasteiger partial charge in [0.15, 0.2) is 0 Å². The molecule has 1 fully saturated rings. The maximum absolute atomic E-state index is 11.3. The molecule has 0 spiro atoms. The van der Waals surface area contributed by atoms with E-state index in [0.29, 0.717) is 18.9 Å². The molecule has 0 aromatic heterocycles. The number of rotatable bonds is 6. The Morgan fingerprint density at radius 1 is 1.64 bits per heavy atom.